The van der Waals surface area contributed by atoms with Crippen LogP contribution in [0.2, 0.25) is 0 Å². The smallest absolute Gasteiger partial charge is 0.307 e. The predicted octanol–water partition coefficient (Wildman–Crippen LogP) is 2.37. The quantitative estimate of drug-likeness (QED) is 0.873. The Bertz CT molecular complexity index is 512. The summed E-state index contributed by atoms with van der Waals surface area (Å²) in [6, 6.07) is 7.32. The number of aliphatic carboxylic acids is 1. The standard InChI is InChI=1S/C16H21NO4/c1-10(11-6-8-12(21-2)9-7-11)17-15(18)13-4-3-5-14(13)16(19)20/h6-10,13-14H,3-5H2,1-2H3,(H,17,18)(H,19,20). The Hall–Kier alpha value is -2.04. The number of nitrogens with one attached hydrogen (secondary N) is 1. The van der Waals surface area contributed by atoms with Crippen molar-refractivity contribution in [3.63, 3.8) is 0 Å². The minimum Gasteiger partial charge on any atom is -0.497 e. The number of carboxylic acids is 1. The molecule has 3 atom stereocenters. The largest absolute Gasteiger partial charge is 0.497 e. The van der Waals surface area contributed by atoms with Crippen LogP contribution in [0.3, 0.4) is 0 Å². The van der Waals surface area contributed by atoms with Crippen LogP contribution in [0.5, 0.6) is 5.75 Å². The maximum Gasteiger partial charge on any atom is 0.307 e. The van der Waals surface area contributed by atoms with Crippen molar-refractivity contribution in [1.82, 2.24) is 5.32 Å². The van der Waals surface area contributed by atoms with Gasteiger partial charge >= 0.3 is 5.97 Å². The van der Waals surface area contributed by atoms with Crippen LogP contribution in [0.4, 0.5) is 0 Å². The minimum absolute atomic E-state index is 0.154. The Morgan fingerprint density at radius 1 is 1.24 bits per heavy atom. The molecule has 0 radical (unpaired) electrons. The van der Waals surface area contributed by atoms with E-state index in [0.29, 0.717) is 12.8 Å². The van der Waals surface area contributed by atoms with Crippen molar-refractivity contribution in [2.45, 2.75) is 32.2 Å². The summed E-state index contributed by atoms with van der Waals surface area (Å²) in [7, 11) is 1.60. The van der Waals surface area contributed by atoms with Gasteiger partial charge < -0.3 is 15.2 Å². The van der Waals surface area contributed by atoms with E-state index < -0.39 is 17.8 Å². The molecule has 0 aromatic heterocycles. The van der Waals surface area contributed by atoms with Gasteiger partial charge in [-0.1, -0.05) is 18.6 Å². The summed E-state index contributed by atoms with van der Waals surface area (Å²) in [5.74, 6) is -1.23. The number of ether oxygens (including phenoxy) is 1. The van der Waals surface area contributed by atoms with Gasteiger partial charge in [-0.05, 0) is 37.5 Å². The molecule has 1 aliphatic rings. The van der Waals surface area contributed by atoms with Crippen LogP contribution in [0.25, 0.3) is 0 Å². The first-order chi connectivity index (χ1) is 10.0. The number of methoxy groups -OCH3 is 1. The summed E-state index contributed by atoms with van der Waals surface area (Å²) < 4.78 is 5.10. The summed E-state index contributed by atoms with van der Waals surface area (Å²) in [5.41, 5.74) is 0.967. The van der Waals surface area contributed by atoms with Crippen molar-refractivity contribution >= 4 is 11.9 Å². The zero-order chi connectivity index (χ0) is 15.4. The molecule has 0 spiro atoms. The summed E-state index contributed by atoms with van der Waals surface area (Å²) in [5, 5.41) is 12.1. The fraction of sp³-hybridized carbons (Fsp3) is 0.500. The molecule has 2 N–H and O–H groups in total. The third-order valence-electron chi connectivity index (χ3n) is 4.14. The molecule has 0 bridgehead atoms. The molecule has 0 saturated heterocycles. The van der Waals surface area contributed by atoms with Gasteiger partial charge in [-0.15, -0.1) is 0 Å². The van der Waals surface area contributed by atoms with Crippen LogP contribution in [0.1, 0.15) is 37.8 Å². The second kappa shape index (κ2) is 6.61. The van der Waals surface area contributed by atoms with Gasteiger partial charge in [0.05, 0.1) is 25.0 Å². The van der Waals surface area contributed by atoms with E-state index in [1.54, 1.807) is 7.11 Å². The second-order valence-corrected chi connectivity index (χ2v) is 5.49. The van der Waals surface area contributed by atoms with Crippen molar-refractivity contribution < 1.29 is 19.4 Å². The van der Waals surface area contributed by atoms with Crippen LogP contribution in [0, 0.1) is 11.8 Å². The summed E-state index contributed by atoms with van der Waals surface area (Å²) in [4.78, 5) is 23.4. The SMILES string of the molecule is COc1ccc(C(C)NC(=O)C2CCCC2C(=O)O)cc1. The van der Waals surface area contributed by atoms with E-state index in [0.717, 1.165) is 17.7 Å². The molecular weight excluding hydrogens is 270 g/mol. The van der Waals surface area contributed by atoms with Crippen molar-refractivity contribution in [1.29, 1.82) is 0 Å². The summed E-state index contributed by atoms with van der Waals surface area (Å²) >= 11 is 0. The summed E-state index contributed by atoms with van der Waals surface area (Å²) in [6.07, 6.45) is 2.04. The van der Waals surface area contributed by atoms with Gasteiger partial charge in [0.15, 0.2) is 0 Å². The molecule has 2 rings (SSSR count). The lowest BCUT2D eigenvalue weighted by Gasteiger charge is -2.20. The number of amides is 1. The molecule has 3 unspecified atom stereocenters. The van der Waals surface area contributed by atoms with Crippen molar-refractivity contribution in [3.8, 4) is 5.75 Å². The fourth-order valence-corrected chi connectivity index (χ4v) is 2.87. The Morgan fingerprint density at radius 3 is 2.43 bits per heavy atom. The number of rotatable bonds is 5. The Balaban J connectivity index is 1.99. The molecule has 5 heteroatoms. The fourth-order valence-electron chi connectivity index (χ4n) is 2.87. The third-order valence-corrected chi connectivity index (χ3v) is 4.14. The number of hydrogen-bond acceptors (Lipinski definition) is 3. The highest BCUT2D eigenvalue weighted by molar-refractivity contribution is 5.85. The molecule has 0 heterocycles. The molecule has 1 amide bonds. The van der Waals surface area contributed by atoms with E-state index in [1.807, 2.05) is 31.2 Å². The normalized spacial score (nSPS) is 22.6. The van der Waals surface area contributed by atoms with Gasteiger partial charge in [0.25, 0.3) is 0 Å². The van der Waals surface area contributed by atoms with Crippen LogP contribution < -0.4 is 10.1 Å². The third kappa shape index (κ3) is 3.54. The maximum absolute atomic E-state index is 12.3. The predicted molar refractivity (Wildman–Crippen MR) is 78.0 cm³/mol. The topological polar surface area (TPSA) is 75.6 Å². The first-order valence-electron chi connectivity index (χ1n) is 7.20. The van der Waals surface area contributed by atoms with Crippen LogP contribution in [0.15, 0.2) is 24.3 Å². The highest BCUT2D eigenvalue weighted by Gasteiger charge is 2.38. The zero-order valence-electron chi connectivity index (χ0n) is 12.3. The highest BCUT2D eigenvalue weighted by Crippen LogP contribution is 2.32. The summed E-state index contributed by atoms with van der Waals surface area (Å²) in [6.45, 7) is 1.89. The number of carbonyl (C=O) groups excluding carboxylic acids is 1. The van der Waals surface area contributed by atoms with Crippen molar-refractivity contribution in [2.75, 3.05) is 7.11 Å². The lowest BCUT2D eigenvalue weighted by atomic mass is 9.94. The molecule has 1 saturated carbocycles. The lowest BCUT2D eigenvalue weighted by Crippen LogP contribution is -2.36. The highest BCUT2D eigenvalue weighted by atomic mass is 16.5. The Labute approximate surface area is 124 Å². The van der Waals surface area contributed by atoms with Crippen molar-refractivity contribution in [2.24, 2.45) is 11.8 Å². The van der Waals surface area contributed by atoms with E-state index >= 15 is 0 Å². The first-order valence-corrected chi connectivity index (χ1v) is 7.20. The Kier molecular flexibility index (Phi) is 4.83. The van der Waals surface area contributed by atoms with Crippen LogP contribution in [-0.4, -0.2) is 24.1 Å². The second-order valence-electron chi connectivity index (χ2n) is 5.49. The maximum atomic E-state index is 12.3. The van der Waals surface area contributed by atoms with E-state index in [9.17, 15) is 9.59 Å². The Morgan fingerprint density at radius 2 is 1.86 bits per heavy atom. The van der Waals surface area contributed by atoms with E-state index in [2.05, 4.69) is 5.32 Å². The molecule has 5 nitrogen and oxygen atoms in total. The first kappa shape index (κ1) is 15.4. The molecule has 0 aliphatic heterocycles. The number of hydrogen-bond donors (Lipinski definition) is 2. The molecule has 1 aromatic rings. The van der Waals surface area contributed by atoms with Crippen LogP contribution >= 0.6 is 0 Å². The average molecular weight is 291 g/mol. The minimum atomic E-state index is -0.871. The molecule has 21 heavy (non-hydrogen) atoms. The van der Waals surface area contributed by atoms with E-state index in [1.165, 1.54) is 0 Å². The average Bonchev–Trinajstić information content (AvgIpc) is 2.97. The molecule has 1 aliphatic carbocycles. The van der Waals surface area contributed by atoms with Gasteiger partial charge in [0, 0.05) is 0 Å². The van der Waals surface area contributed by atoms with Gasteiger partial charge in [-0.2, -0.15) is 0 Å². The van der Waals surface area contributed by atoms with E-state index in [4.69, 9.17) is 9.84 Å². The van der Waals surface area contributed by atoms with Gasteiger partial charge in [0.2, 0.25) is 5.91 Å². The molecule has 114 valence electrons. The van der Waals surface area contributed by atoms with Gasteiger partial charge in [-0.3, -0.25) is 9.59 Å². The van der Waals surface area contributed by atoms with Crippen molar-refractivity contribution in [3.05, 3.63) is 29.8 Å². The van der Waals surface area contributed by atoms with E-state index in [-0.39, 0.29) is 11.9 Å². The van der Waals surface area contributed by atoms with Gasteiger partial charge in [-0.25, -0.2) is 0 Å². The molecular formula is C16H21NO4. The van der Waals surface area contributed by atoms with Gasteiger partial charge in [0.1, 0.15) is 5.75 Å². The zero-order valence-corrected chi connectivity index (χ0v) is 12.3. The molecule has 1 fully saturated rings. The monoisotopic (exact) mass is 291 g/mol. The lowest BCUT2D eigenvalue weighted by molar-refractivity contribution is -0.146. The molecule has 1 aromatic carbocycles. The number of carbonyl (C=O) groups is 2. The number of carboxylic acid groups (broad SMARTS) is 1. The van der Waals surface area contributed by atoms with Crippen LogP contribution in [-0.2, 0) is 9.59 Å². The number of benzene rings is 1.